The van der Waals surface area contributed by atoms with Crippen molar-refractivity contribution < 1.29 is 10.3 Å². The first kappa shape index (κ1) is 9.67. The Hall–Kier alpha value is -0.420. The molecule has 0 saturated carbocycles. The maximum absolute atomic E-state index is 9.51. The van der Waals surface area contributed by atoms with Crippen molar-refractivity contribution in [3.05, 3.63) is 34.3 Å². The van der Waals surface area contributed by atoms with Crippen molar-refractivity contribution in [3.63, 3.8) is 0 Å². The average molecular weight is 232 g/mol. The first-order valence-electron chi connectivity index (χ1n) is 3.46. The van der Waals surface area contributed by atoms with Gasteiger partial charge in [-0.05, 0) is 19.1 Å². The zero-order valence-electron chi connectivity index (χ0n) is 6.58. The van der Waals surface area contributed by atoms with Crippen molar-refractivity contribution in [1.82, 2.24) is 5.48 Å². The van der Waals surface area contributed by atoms with Gasteiger partial charge in [0.05, 0.1) is 0 Å². The van der Waals surface area contributed by atoms with Crippen LogP contribution in [0.1, 0.15) is 12.5 Å². The van der Waals surface area contributed by atoms with Crippen LogP contribution in [0.5, 0.6) is 0 Å². The zero-order valence-corrected chi connectivity index (χ0v) is 8.17. The smallest absolute Gasteiger partial charge is 0.160 e. The largest absolute Gasteiger partial charge is 0.370 e. The minimum Gasteiger partial charge on any atom is -0.370 e. The van der Waals surface area contributed by atoms with E-state index in [0.29, 0.717) is 5.56 Å². The minimum absolute atomic E-state index is 0.605. The standard InChI is InChI=1S/C8H10BrNO2/c1-8(11,10-12)6-2-4-7(9)5-3-6/h2-5,10-12H,1H3. The maximum atomic E-state index is 9.51. The molecule has 0 heterocycles. The molecule has 0 radical (unpaired) electrons. The lowest BCUT2D eigenvalue weighted by Crippen LogP contribution is -2.36. The Kier molecular flexibility index (Phi) is 2.85. The number of aliphatic hydroxyl groups is 1. The topological polar surface area (TPSA) is 52.5 Å². The second kappa shape index (κ2) is 3.53. The molecule has 3 N–H and O–H groups in total. The highest BCUT2D eigenvalue weighted by Crippen LogP contribution is 2.19. The molecule has 0 aliphatic rings. The summed E-state index contributed by atoms with van der Waals surface area (Å²) in [6.07, 6.45) is 0. The maximum Gasteiger partial charge on any atom is 0.160 e. The Balaban J connectivity index is 2.96. The molecule has 66 valence electrons. The fraction of sp³-hybridized carbons (Fsp3) is 0.250. The van der Waals surface area contributed by atoms with Gasteiger partial charge in [0.25, 0.3) is 0 Å². The molecule has 1 unspecified atom stereocenters. The van der Waals surface area contributed by atoms with Crippen LogP contribution >= 0.6 is 15.9 Å². The van der Waals surface area contributed by atoms with Crippen molar-refractivity contribution in [2.24, 2.45) is 0 Å². The van der Waals surface area contributed by atoms with E-state index in [1.807, 2.05) is 5.48 Å². The van der Waals surface area contributed by atoms with E-state index in [2.05, 4.69) is 15.9 Å². The van der Waals surface area contributed by atoms with E-state index in [4.69, 9.17) is 5.21 Å². The summed E-state index contributed by atoms with van der Waals surface area (Å²) in [5.41, 5.74) is 1.03. The lowest BCUT2D eigenvalue weighted by molar-refractivity contribution is -0.0852. The van der Waals surface area contributed by atoms with Crippen LogP contribution in [0.2, 0.25) is 0 Å². The number of benzene rings is 1. The lowest BCUT2D eigenvalue weighted by Gasteiger charge is -2.21. The molecule has 1 rings (SSSR count). The van der Waals surface area contributed by atoms with Crippen LogP contribution in [0, 0.1) is 0 Å². The van der Waals surface area contributed by atoms with Gasteiger partial charge in [0, 0.05) is 10.0 Å². The van der Waals surface area contributed by atoms with Gasteiger partial charge in [0.2, 0.25) is 0 Å². The molecule has 1 aromatic carbocycles. The van der Waals surface area contributed by atoms with E-state index >= 15 is 0 Å². The van der Waals surface area contributed by atoms with E-state index < -0.39 is 5.72 Å². The van der Waals surface area contributed by atoms with Gasteiger partial charge in [-0.25, -0.2) is 0 Å². The lowest BCUT2D eigenvalue weighted by atomic mass is 10.1. The van der Waals surface area contributed by atoms with Gasteiger partial charge in [0.15, 0.2) is 5.72 Å². The van der Waals surface area contributed by atoms with E-state index in [-0.39, 0.29) is 0 Å². The number of nitrogens with one attached hydrogen (secondary N) is 1. The Labute approximate surface area is 79.1 Å². The average Bonchev–Trinajstić information content (AvgIpc) is 2.05. The molecular weight excluding hydrogens is 222 g/mol. The van der Waals surface area contributed by atoms with Crippen LogP contribution < -0.4 is 5.48 Å². The highest BCUT2D eigenvalue weighted by molar-refractivity contribution is 9.10. The monoisotopic (exact) mass is 231 g/mol. The fourth-order valence-electron chi connectivity index (χ4n) is 0.839. The molecule has 0 aliphatic heterocycles. The summed E-state index contributed by atoms with van der Waals surface area (Å²) in [4.78, 5) is 0. The molecule has 0 amide bonds. The van der Waals surface area contributed by atoms with Crippen molar-refractivity contribution >= 4 is 15.9 Å². The Morgan fingerprint density at radius 3 is 2.25 bits per heavy atom. The summed E-state index contributed by atoms with van der Waals surface area (Å²) in [6, 6.07) is 7.02. The van der Waals surface area contributed by atoms with Crippen molar-refractivity contribution in [2.75, 3.05) is 0 Å². The van der Waals surface area contributed by atoms with Crippen LogP contribution in [0.25, 0.3) is 0 Å². The van der Waals surface area contributed by atoms with Crippen LogP contribution in [-0.2, 0) is 5.72 Å². The molecule has 1 aromatic rings. The predicted octanol–water partition coefficient (Wildman–Crippen LogP) is 1.59. The second-order valence-electron chi connectivity index (χ2n) is 2.69. The third kappa shape index (κ3) is 2.04. The third-order valence-corrected chi connectivity index (χ3v) is 2.15. The van der Waals surface area contributed by atoms with Crippen molar-refractivity contribution in [2.45, 2.75) is 12.6 Å². The number of hydrogen-bond donors (Lipinski definition) is 3. The van der Waals surface area contributed by atoms with E-state index in [1.165, 1.54) is 6.92 Å². The summed E-state index contributed by atoms with van der Waals surface area (Å²) in [5.74, 6) is 0. The molecule has 3 nitrogen and oxygen atoms in total. The molecule has 0 fully saturated rings. The summed E-state index contributed by atoms with van der Waals surface area (Å²) in [5, 5.41) is 18.1. The van der Waals surface area contributed by atoms with Gasteiger partial charge in [-0.15, -0.1) is 0 Å². The predicted molar refractivity (Wildman–Crippen MR) is 48.6 cm³/mol. The number of hydroxylamine groups is 1. The van der Waals surface area contributed by atoms with Crippen LogP contribution in [0.3, 0.4) is 0 Å². The van der Waals surface area contributed by atoms with Crippen LogP contribution in [0.4, 0.5) is 0 Å². The van der Waals surface area contributed by atoms with Crippen LogP contribution in [0.15, 0.2) is 28.7 Å². The third-order valence-electron chi connectivity index (χ3n) is 1.62. The zero-order chi connectivity index (χ0) is 9.19. The number of rotatable bonds is 2. The van der Waals surface area contributed by atoms with Crippen LogP contribution in [-0.4, -0.2) is 10.3 Å². The normalized spacial score (nSPS) is 15.7. The van der Waals surface area contributed by atoms with Gasteiger partial charge in [-0.2, -0.15) is 5.48 Å². The highest BCUT2D eigenvalue weighted by atomic mass is 79.9. The molecule has 0 saturated heterocycles. The SMILES string of the molecule is CC(O)(NO)c1ccc(Br)cc1. The van der Waals surface area contributed by atoms with E-state index in [9.17, 15) is 5.11 Å². The Bertz CT molecular complexity index is 258. The van der Waals surface area contributed by atoms with Gasteiger partial charge in [-0.1, -0.05) is 28.1 Å². The Morgan fingerprint density at radius 2 is 1.83 bits per heavy atom. The van der Waals surface area contributed by atoms with Crippen molar-refractivity contribution in [3.8, 4) is 0 Å². The summed E-state index contributed by atoms with van der Waals surface area (Å²) in [6.45, 7) is 1.47. The van der Waals surface area contributed by atoms with Gasteiger partial charge >= 0.3 is 0 Å². The number of hydrogen-bond acceptors (Lipinski definition) is 3. The molecule has 0 bridgehead atoms. The van der Waals surface area contributed by atoms with Crippen molar-refractivity contribution in [1.29, 1.82) is 0 Å². The van der Waals surface area contributed by atoms with Gasteiger partial charge < -0.3 is 10.3 Å². The highest BCUT2D eigenvalue weighted by Gasteiger charge is 2.20. The second-order valence-corrected chi connectivity index (χ2v) is 3.61. The van der Waals surface area contributed by atoms with Gasteiger partial charge in [0.1, 0.15) is 0 Å². The first-order valence-corrected chi connectivity index (χ1v) is 4.25. The Morgan fingerprint density at radius 1 is 1.33 bits per heavy atom. The molecule has 4 heteroatoms. The molecule has 0 aliphatic carbocycles. The minimum atomic E-state index is -1.39. The quantitative estimate of drug-likeness (QED) is 0.536. The van der Waals surface area contributed by atoms with E-state index in [0.717, 1.165) is 4.47 Å². The number of halogens is 1. The summed E-state index contributed by atoms with van der Waals surface area (Å²) >= 11 is 3.27. The molecule has 0 aromatic heterocycles. The molecule has 12 heavy (non-hydrogen) atoms. The van der Waals surface area contributed by atoms with E-state index in [1.54, 1.807) is 24.3 Å². The summed E-state index contributed by atoms with van der Waals surface area (Å²) in [7, 11) is 0. The first-order chi connectivity index (χ1) is 5.56. The summed E-state index contributed by atoms with van der Waals surface area (Å²) < 4.78 is 0.931. The molecule has 1 atom stereocenters. The fourth-order valence-corrected chi connectivity index (χ4v) is 1.10. The molecular formula is C8H10BrNO2. The van der Waals surface area contributed by atoms with Gasteiger partial charge in [-0.3, -0.25) is 0 Å². The molecule has 0 spiro atoms.